The number of ether oxygens (including phenoxy) is 2. The van der Waals surface area contributed by atoms with E-state index < -0.39 is 11.6 Å². The zero-order valence-corrected chi connectivity index (χ0v) is 10.9. The minimum atomic E-state index is -0.902. The molecule has 0 heterocycles. The first-order chi connectivity index (χ1) is 8.40. The van der Waals surface area contributed by atoms with E-state index in [9.17, 15) is 9.59 Å². The smallest absolute Gasteiger partial charge is 0.337 e. The predicted octanol–water partition coefficient (Wildman–Crippen LogP) is 1.84. The highest BCUT2D eigenvalue weighted by atomic mass is 16.5. The normalized spacial score (nSPS) is 10.9. The third-order valence-electron chi connectivity index (χ3n) is 2.62. The van der Waals surface area contributed by atoms with E-state index in [1.54, 1.807) is 38.1 Å². The summed E-state index contributed by atoms with van der Waals surface area (Å²) >= 11 is 0. The number of hydrogen-bond donors (Lipinski definition) is 1. The van der Waals surface area contributed by atoms with Gasteiger partial charge in [0.15, 0.2) is 0 Å². The van der Waals surface area contributed by atoms with E-state index in [4.69, 9.17) is 4.74 Å². The van der Waals surface area contributed by atoms with E-state index in [0.717, 1.165) is 0 Å². The number of benzene rings is 1. The molecule has 0 bridgehead atoms. The maximum Gasteiger partial charge on any atom is 0.337 e. The standard InChI is InChI=1S/C13H17NO4/c1-13(2,18-4)12(16)14-10-7-5-9(6-8-10)11(15)17-3/h5-8H,1-4H3,(H,14,16). The second-order valence-corrected chi connectivity index (χ2v) is 4.24. The quantitative estimate of drug-likeness (QED) is 0.829. The molecule has 0 aliphatic carbocycles. The van der Waals surface area contributed by atoms with Gasteiger partial charge in [0, 0.05) is 12.8 Å². The summed E-state index contributed by atoms with van der Waals surface area (Å²) < 4.78 is 9.65. The molecule has 5 nitrogen and oxygen atoms in total. The summed E-state index contributed by atoms with van der Waals surface area (Å²) in [7, 11) is 2.79. The van der Waals surface area contributed by atoms with E-state index in [1.807, 2.05) is 0 Å². The average molecular weight is 251 g/mol. The Kier molecular flexibility index (Phi) is 4.44. The molecule has 98 valence electrons. The van der Waals surface area contributed by atoms with Crippen molar-refractivity contribution in [3.63, 3.8) is 0 Å². The lowest BCUT2D eigenvalue weighted by Crippen LogP contribution is -2.38. The minimum absolute atomic E-state index is 0.254. The molecule has 0 spiro atoms. The SMILES string of the molecule is COC(=O)c1ccc(NC(=O)C(C)(C)OC)cc1. The van der Waals surface area contributed by atoms with Crippen molar-refractivity contribution in [3.05, 3.63) is 29.8 Å². The topological polar surface area (TPSA) is 64.6 Å². The van der Waals surface area contributed by atoms with E-state index in [2.05, 4.69) is 10.1 Å². The third kappa shape index (κ3) is 3.30. The fourth-order valence-corrected chi connectivity index (χ4v) is 1.18. The zero-order valence-electron chi connectivity index (χ0n) is 10.9. The van der Waals surface area contributed by atoms with Crippen LogP contribution in [-0.4, -0.2) is 31.7 Å². The maximum atomic E-state index is 11.8. The second-order valence-electron chi connectivity index (χ2n) is 4.24. The number of anilines is 1. The van der Waals surface area contributed by atoms with Crippen molar-refractivity contribution in [1.29, 1.82) is 0 Å². The first kappa shape index (κ1) is 14.2. The van der Waals surface area contributed by atoms with Gasteiger partial charge in [-0.05, 0) is 38.1 Å². The molecular formula is C13H17NO4. The molecule has 0 aliphatic heterocycles. The number of nitrogens with one attached hydrogen (secondary N) is 1. The first-order valence-electron chi connectivity index (χ1n) is 5.45. The Morgan fingerprint density at radius 2 is 1.67 bits per heavy atom. The molecule has 0 atom stereocenters. The summed E-state index contributed by atoms with van der Waals surface area (Å²) in [5.74, 6) is -0.666. The van der Waals surface area contributed by atoms with Crippen LogP contribution in [0.4, 0.5) is 5.69 Å². The fourth-order valence-electron chi connectivity index (χ4n) is 1.18. The molecule has 5 heteroatoms. The van der Waals surface area contributed by atoms with Crippen LogP contribution in [0.3, 0.4) is 0 Å². The number of methoxy groups -OCH3 is 2. The number of amides is 1. The molecule has 0 fully saturated rings. The first-order valence-corrected chi connectivity index (χ1v) is 5.45. The van der Waals surface area contributed by atoms with Gasteiger partial charge in [0.05, 0.1) is 12.7 Å². The van der Waals surface area contributed by atoms with Crippen molar-refractivity contribution in [2.45, 2.75) is 19.4 Å². The lowest BCUT2D eigenvalue weighted by Gasteiger charge is -2.21. The molecule has 0 radical (unpaired) electrons. The second kappa shape index (κ2) is 5.64. The Hall–Kier alpha value is -1.88. The van der Waals surface area contributed by atoms with Gasteiger partial charge in [-0.15, -0.1) is 0 Å². The summed E-state index contributed by atoms with van der Waals surface area (Å²) in [6.07, 6.45) is 0. The van der Waals surface area contributed by atoms with Gasteiger partial charge in [0.1, 0.15) is 5.60 Å². The average Bonchev–Trinajstić information content (AvgIpc) is 2.38. The minimum Gasteiger partial charge on any atom is -0.465 e. The highest BCUT2D eigenvalue weighted by molar-refractivity contribution is 5.97. The van der Waals surface area contributed by atoms with Crippen molar-refractivity contribution >= 4 is 17.6 Å². The largest absolute Gasteiger partial charge is 0.465 e. The molecule has 1 amide bonds. The third-order valence-corrected chi connectivity index (χ3v) is 2.62. The molecule has 0 saturated heterocycles. The number of carbonyl (C=O) groups is 2. The molecule has 0 aliphatic rings. The van der Waals surface area contributed by atoms with Crippen LogP contribution in [0.2, 0.25) is 0 Å². The van der Waals surface area contributed by atoms with Gasteiger partial charge >= 0.3 is 5.97 Å². The lowest BCUT2D eigenvalue weighted by atomic mass is 10.1. The monoisotopic (exact) mass is 251 g/mol. The van der Waals surface area contributed by atoms with Gasteiger partial charge in [0.25, 0.3) is 5.91 Å². The van der Waals surface area contributed by atoms with Gasteiger partial charge in [-0.2, -0.15) is 0 Å². The Bertz CT molecular complexity index is 437. The van der Waals surface area contributed by atoms with Crippen molar-refractivity contribution in [2.75, 3.05) is 19.5 Å². The van der Waals surface area contributed by atoms with Crippen LogP contribution in [0.5, 0.6) is 0 Å². The molecule has 0 aromatic heterocycles. The molecule has 18 heavy (non-hydrogen) atoms. The Balaban J connectivity index is 2.76. The van der Waals surface area contributed by atoms with Crippen molar-refractivity contribution in [3.8, 4) is 0 Å². The lowest BCUT2D eigenvalue weighted by molar-refractivity contribution is -0.133. The van der Waals surface area contributed by atoms with Gasteiger partial charge in [-0.25, -0.2) is 4.79 Å². The molecule has 1 rings (SSSR count). The predicted molar refractivity (Wildman–Crippen MR) is 67.5 cm³/mol. The molecule has 1 aromatic rings. The number of esters is 1. The van der Waals surface area contributed by atoms with E-state index >= 15 is 0 Å². The van der Waals surface area contributed by atoms with Crippen molar-refractivity contribution < 1.29 is 19.1 Å². The molecule has 1 N–H and O–H groups in total. The van der Waals surface area contributed by atoms with Crippen molar-refractivity contribution in [1.82, 2.24) is 0 Å². The van der Waals surface area contributed by atoms with Crippen LogP contribution in [0, 0.1) is 0 Å². The summed E-state index contributed by atoms with van der Waals surface area (Å²) in [4.78, 5) is 23.0. The molecule has 0 saturated carbocycles. The van der Waals surface area contributed by atoms with Crippen LogP contribution in [-0.2, 0) is 14.3 Å². The van der Waals surface area contributed by atoms with Gasteiger partial charge in [-0.3, -0.25) is 4.79 Å². The maximum absolute atomic E-state index is 11.8. The van der Waals surface area contributed by atoms with Gasteiger partial charge < -0.3 is 14.8 Å². The van der Waals surface area contributed by atoms with E-state index in [1.165, 1.54) is 14.2 Å². The Morgan fingerprint density at radius 3 is 2.11 bits per heavy atom. The van der Waals surface area contributed by atoms with Crippen LogP contribution in [0.25, 0.3) is 0 Å². The summed E-state index contributed by atoms with van der Waals surface area (Å²) in [6, 6.07) is 6.44. The van der Waals surface area contributed by atoms with Crippen molar-refractivity contribution in [2.24, 2.45) is 0 Å². The Morgan fingerprint density at radius 1 is 1.11 bits per heavy atom. The highest BCUT2D eigenvalue weighted by Gasteiger charge is 2.26. The van der Waals surface area contributed by atoms with Crippen LogP contribution < -0.4 is 5.32 Å². The van der Waals surface area contributed by atoms with Crippen LogP contribution in [0.15, 0.2) is 24.3 Å². The number of rotatable bonds is 4. The zero-order chi connectivity index (χ0) is 13.8. The van der Waals surface area contributed by atoms with Crippen LogP contribution >= 0.6 is 0 Å². The summed E-state index contributed by atoms with van der Waals surface area (Å²) in [5.41, 5.74) is 0.125. The number of carbonyl (C=O) groups excluding carboxylic acids is 2. The van der Waals surface area contributed by atoms with E-state index in [0.29, 0.717) is 11.3 Å². The Labute approximate surface area is 106 Å². The summed E-state index contributed by atoms with van der Waals surface area (Å²) in [5, 5.41) is 2.70. The fraction of sp³-hybridized carbons (Fsp3) is 0.385. The van der Waals surface area contributed by atoms with Gasteiger partial charge in [-0.1, -0.05) is 0 Å². The molecule has 1 aromatic carbocycles. The number of hydrogen-bond acceptors (Lipinski definition) is 4. The molecule has 0 unspecified atom stereocenters. The van der Waals surface area contributed by atoms with Crippen LogP contribution in [0.1, 0.15) is 24.2 Å². The highest BCUT2D eigenvalue weighted by Crippen LogP contribution is 2.14. The van der Waals surface area contributed by atoms with Gasteiger partial charge in [0.2, 0.25) is 0 Å². The summed E-state index contributed by atoms with van der Waals surface area (Å²) in [6.45, 7) is 3.34. The van der Waals surface area contributed by atoms with E-state index in [-0.39, 0.29) is 5.91 Å². The molecular weight excluding hydrogens is 234 g/mol.